The molecule has 21 heavy (non-hydrogen) atoms. The van der Waals surface area contributed by atoms with E-state index in [-0.39, 0.29) is 11.2 Å². The molecule has 0 fully saturated rings. The molecule has 0 aliphatic rings. The fourth-order valence-electron chi connectivity index (χ4n) is 2.36. The van der Waals surface area contributed by atoms with Crippen LogP contribution < -0.4 is 0 Å². The van der Waals surface area contributed by atoms with Crippen LogP contribution in [-0.4, -0.2) is 0 Å². The number of halogens is 4. The normalized spacial score (nSPS) is 12.6. The lowest BCUT2D eigenvalue weighted by Gasteiger charge is -2.14. The molecule has 0 saturated carbocycles. The minimum atomic E-state index is -0.371. The second-order valence-electron chi connectivity index (χ2n) is 4.72. The maximum absolute atomic E-state index is 13.4. The third-order valence-electron chi connectivity index (χ3n) is 3.41. The van der Waals surface area contributed by atoms with Crippen molar-refractivity contribution in [2.45, 2.75) is 5.38 Å². The Hall–Kier alpha value is -1.09. The number of fused-ring (bicyclic) bond motifs is 1. The van der Waals surface area contributed by atoms with Crippen LogP contribution in [0.15, 0.2) is 59.1 Å². The van der Waals surface area contributed by atoms with Crippen molar-refractivity contribution in [3.63, 3.8) is 0 Å². The average molecular weight is 384 g/mol. The van der Waals surface area contributed by atoms with Crippen LogP contribution in [0.1, 0.15) is 16.5 Å². The van der Waals surface area contributed by atoms with Crippen molar-refractivity contribution >= 4 is 49.9 Å². The van der Waals surface area contributed by atoms with Crippen molar-refractivity contribution in [1.29, 1.82) is 0 Å². The van der Waals surface area contributed by atoms with E-state index in [1.54, 1.807) is 12.1 Å². The van der Waals surface area contributed by atoms with Gasteiger partial charge in [-0.25, -0.2) is 4.39 Å². The summed E-state index contributed by atoms with van der Waals surface area (Å²) in [5, 5.41) is 2.29. The van der Waals surface area contributed by atoms with Gasteiger partial charge in [-0.15, -0.1) is 11.6 Å². The Morgan fingerprint density at radius 3 is 2.38 bits per heavy atom. The standard InChI is InChI=1S/C17H10BrCl2F/c18-14-9-10(5-8-16(14)21)17(20)13-6-7-15(19)12-4-2-1-3-11(12)13/h1-9,17H. The zero-order chi connectivity index (χ0) is 15.0. The van der Waals surface area contributed by atoms with E-state index in [1.165, 1.54) is 6.07 Å². The van der Waals surface area contributed by atoms with E-state index in [0.717, 1.165) is 21.9 Å². The fraction of sp³-hybridized carbons (Fsp3) is 0.0588. The van der Waals surface area contributed by atoms with Crippen molar-refractivity contribution in [2.75, 3.05) is 0 Å². The molecule has 0 bridgehead atoms. The van der Waals surface area contributed by atoms with Crippen LogP contribution in [0, 0.1) is 5.82 Å². The number of benzene rings is 3. The molecule has 4 heteroatoms. The van der Waals surface area contributed by atoms with E-state index in [9.17, 15) is 4.39 Å². The molecular weight excluding hydrogens is 374 g/mol. The van der Waals surface area contributed by atoms with Gasteiger partial charge < -0.3 is 0 Å². The predicted octanol–water partition coefficient (Wildman–Crippen LogP) is 6.72. The summed E-state index contributed by atoms with van der Waals surface area (Å²) in [4.78, 5) is 0. The molecule has 3 aromatic rings. The highest BCUT2D eigenvalue weighted by molar-refractivity contribution is 9.10. The van der Waals surface area contributed by atoms with E-state index in [4.69, 9.17) is 23.2 Å². The fourth-order valence-corrected chi connectivity index (χ4v) is 3.31. The van der Waals surface area contributed by atoms with E-state index in [0.29, 0.717) is 9.50 Å². The molecule has 3 aromatic carbocycles. The summed E-state index contributed by atoms with van der Waals surface area (Å²) >= 11 is 16.0. The monoisotopic (exact) mass is 382 g/mol. The molecule has 0 heterocycles. The first kappa shape index (κ1) is 14.8. The zero-order valence-corrected chi connectivity index (χ0v) is 13.9. The molecular formula is C17H10BrCl2F. The van der Waals surface area contributed by atoms with Gasteiger partial charge in [0.1, 0.15) is 5.82 Å². The predicted molar refractivity (Wildman–Crippen MR) is 90.8 cm³/mol. The molecule has 0 spiro atoms. The molecule has 0 radical (unpaired) electrons. The number of hydrogen-bond donors (Lipinski definition) is 0. The summed E-state index contributed by atoms with van der Waals surface area (Å²) < 4.78 is 13.8. The minimum Gasteiger partial charge on any atom is -0.206 e. The van der Waals surface area contributed by atoms with Gasteiger partial charge in [0.25, 0.3) is 0 Å². The van der Waals surface area contributed by atoms with Gasteiger partial charge in [-0.3, -0.25) is 0 Å². The third kappa shape index (κ3) is 2.80. The lowest BCUT2D eigenvalue weighted by atomic mass is 9.98. The van der Waals surface area contributed by atoms with E-state index >= 15 is 0 Å². The first-order chi connectivity index (χ1) is 10.1. The van der Waals surface area contributed by atoms with Crippen LogP contribution >= 0.6 is 39.1 Å². The highest BCUT2D eigenvalue weighted by Gasteiger charge is 2.16. The summed E-state index contributed by atoms with van der Waals surface area (Å²) in [5.74, 6) is -0.302. The van der Waals surface area contributed by atoms with Gasteiger partial charge in [0.15, 0.2) is 0 Å². The highest BCUT2D eigenvalue weighted by Crippen LogP contribution is 2.37. The molecule has 0 aromatic heterocycles. The molecule has 0 aliphatic carbocycles. The first-order valence-electron chi connectivity index (χ1n) is 6.34. The molecule has 0 N–H and O–H groups in total. The number of rotatable bonds is 2. The molecule has 1 atom stereocenters. The number of alkyl halides is 1. The summed E-state index contributed by atoms with van der Waals surface area (Å²) in [5.41, 5.74) is 1.78. The topological polar surface area (TPSA) is 0 Å². The summed E-state index contributed by atoms with van der Waals surface area (Å²) in [7, 11) is 0. The average Bonchev–Trinajstić information content (AvgIpc) is 2.50. The Balaban J connectivity index is 2.15. The third-order valence-corrected chi connectivity index (χ3v) is 4.84. The van der Waals surface area contributed by atoms with Crippen LogP contribution in [0.5, 0.6) is 0 Å². The molecule has 0 nitrogen and oxygen atoms in total. The quantitative estimate of drug-likeness (QED) is 0.430. The van der Waals surface area contributed by atoms with Crippen molar-refractivity contribution < 1.29 is 4.39 Å². The second kappa shape index (κ2) is 5.96. The van der Waals surface area contributed by atoms with Gasteiger partial charge in [-0.2, -0.15) is 0 Å². The van der Waals surface area contributed by atoms with Gasteiger partial charge >= 0.3 is 0 Å². The van der Waals surface area contributed by atoms with E-state index in [1.807, 2.05) is 36.4 Å². The van der Waals surface area contributed by atoms with Gasteiger partial charge in [0, 0.05) is 10.4 Å². The molecule has 3 rings (SSSR count). The highest BCUT2D eigenvalue weighted by atomic mass is 79.9. The van der Waals surface area contributed by atoms with Gasteiger partial charge in [0.05, 0.1) is 9.85 Å². The van der Waals surface area contributed by atoms with Crippen molar-refractivity contribution in [1.82, 2.24) is 0 Å². The van der Waals surface area contributed by atoms with Crippen LogP contribution in [-0.2, 0) is 0 Å². The zero-order valence-electron chi connectivity index (χ0n) is 10.8. The Morgan fingerprint density at radius 2 is 1.67 bits per heavy atom. The summed E-state index contributed by atoms with van der Waals surface area (Å²) in [6.07, 6.45) is 0. The summed E-state index contributed by atoms with van der Waals surface area (Å²) in [6, 6.07) is 16.4. The van der Waals surface area contributed by atoms with Crippen molar-refractivity contribution in [3.8, 4) is 0 Å². The molecule has 0 aliphatic heterocycles. The minimum absolute atomic E-state index is 0.302. The second-order valence-corrected chi connectivity index (χ2v) is 6.42. The van der Waals surface area contributed by atoms with Crippen LogP contribution in [0.3, 0.4) is 0 Å². The van der Waals surface area contributed by atoms with Gasteiger partial charge in [0.2, 0.25) is 0 Å². The van der Waals surface area contributed by atoms with Crippen LogP contribution in [0.2, 0.25) is 5.02 Å². The largest absolute Gasteiger partial charge is 0.206 e. The van der Waals surface area contributed by atoms with Crippen LogP contribution in [0.25, 0.3) is 10.8 Å². The van der Waals surface area contributed by atoms with E-state index in [2.05, 4.69) is 15.9 Å². The first-order valence-corrected chi connectivity index (χ1v) is 7.95. The van der Waals surface area contributed by atoms with Gasteiger partial charge in [-0.05, 0) is 50.6 Å². The Kier molecular flexibility index (Phi) is 4.21. The maximum Gasteiger partial charge on any atom is 0.137 e. The SMILES string of the molecule is Fc1ccc(C(Cl)c2ccc(Cl)c3ccccc23)cc1Br. The number of hydrogen-bond acceptors (Lipinski definition) is 0. The summed E-state index contributed by atoms with van der Waals surface area (Å²) in [6.45, 7) is 0. The maximum atomic E-state index is 13.4. The van der Waals surface area contributed by atoms with Gasteiger partial charge in [-0.1, -0.05) is 48.0 Å². The van der Waals surface area contributed by atoms with Crippen molar-refractivity contribution in [2.24, 2.45) is 0 Å². The molecule has 1 unspecified atom stereocenters. The Morgan fingerprint density at radius 1 is 0.952 bits per heavy atom. The molecule has 106 valence electrons. The lowest BCUT2D eigenvalue weighted by Crippen LogP contribution is -1.96. The van der Waals surface area contributed by atoms with Crippen LogP contribution in [0.4, 0.5) is 4.39 Å². The Labute approximate surface area is 140 Å². The van der Waals surface area contributed by atoms with Crippen molar-refractivity contribution in [3.05, 3.63) is 81.0 Å². The molecule has 0 saturated heterocycles. The van der Waals surface area contributed by atoms with E-state index < -0.39 is 0 Å². The smallest absolute Gasteiger partial charge is 0.137 e. The Bertz CT molecular complexity index is 817. The lowest BCUT2D eigenvalue weighted by molar-refractivity contribution is 0.620. The molecule has 0 amide bonds.